The fourth-order valence-corrected chi connectivity index (χ4v) is 4.08. The van der Waals surface area contributed by atoms with E-state index in [0.717, 1.165) is 49.8 Å². The Hall–Kier alpha value is -1.36. The molecule has 1 aromatic carbocycles. The van der Waals surface area contributed by atoms with Gasteiger partial charge in [0.25, 0.3) is 5.91 Å². The van der Waals surface area contributed by atoms with Gasteiger partial charge in [-0.1, -0.05) is 24.3 Å². The summed E-state index contributed by atoms with van der Waals surface area (Å²) in [6.07, 6.45) is 6.51. The largest absolute Gasteiger partial charge is 0.337 e. The van der Waals surface area contributed by atoms with Crippen molar-refractivity contribution in [1.29, 1.82) is 0 Å². The molecule has 1 amide bonds. The van der Waals surface area contributed by atoms with Crippen molar-refractivity contribution in [3.63, 3.8) is 0 Å². The Balaban J connectivity index is 0.00000113. The number of amides is 1. The Morgan fingerprint density at radius 1 is 1.00 bits per heavy atom. The van der Waals surface area contributed by atoms with Crippen molar-refractivity contribution in [3.8, 4) is 0 Å². The van der Waals surface area contributed by atoms with E-state index in [9.17, 15) is 4.79 Å². The van der Waals surface area contributed by atoms with Gasteiger partial charge in [-0.2, -0.15) is 0 Å². The maximum Gasteiger partial charge on any atom is 0.273 e. The van der Waals surface area contributed by atoms with Gasteiger partial charge in [-0.3, -0.25) is 9.78 Å². The number of halogens is 2. The molecule has 2 saturated heterocycles. The lowest BCUT2D eigenvalue weighted by Crippen LogP contribution is -2.47. The summed E-state index contributed by atoms with van der Waals surface area (Å²) in [6.45, 7) is 3.98. The first-order valence-electron chi connectivity index (χ1n) is 8.61. The molecule has 0 radical (unpaired) electrons. The maximum atomic E-state index is 12.9. The van der Waals surface area contributed by atoms with Crippen LogP contribution in [0.2, 0.25) is 0 Å². The van der Waals surface area contributed by atoms with Crippen LogP contribution in [0.4, 0.5) is 0 Å². The van der Waals surface area contributed by atoms with E-state index < -0.39 is 0 Å². The number of fused-ring (bicyclic) bond motifs is 1. The molecule has 2 aromatic rings. The molecule has 0 saturated carbocycles. The Morgan fingerprint density at radius 3 is 2.40 bits per heavy atom. The van der Waals surface area contributed by atoms with Crippen LogP contribution in [0.3, 0.4) is 0 Å². The normalized spacial score (nSPS) is 19.1. The summed E-state index contributed by atoms with van der Waals surface area (Å²) >= 11 is 0. The van der Waals surface area contributed by atoms with Crippen molar-refractivity contribution in [2.75, 3.05) is 26.2 Å². The number of likely N-dealkylation sites (tertiary alicyclic amines) is 1. The van der Waals surface area contributed by atoms with Gasteiger partial charge in [0.05, 0.1) is 0 Å². The van der Waals surface area contributed by atoms with Crippen molar-refractivity contribution >= 4 is 41.5 Å². The van der Waals surface area contributed by atoms with E-state index in [1.807, 2.05) is 35.2 Å². The summed E-state index contributed by atoms with van der Waals surface area (Å²) in [5.41, 5.74) is 1.07. The van der Waals surface area contributed by atoms with Gasteiger partial charge in [-0.25, -0.2) is 0 Å². The molecule has 4 nitrogen and oxygen atoms in total. The van der Waals surface area contributed by atoms with Crippen LogP contribution in [0.5, 0.6) is 0 Å². The summed E-state index contributed by atoms with van der Waals surface area (Å²) in [7, 11) is 0. The lowest BCUT2D eigenvalue weighted by molar-refractivity contribution is 0.0492. The SMILES string of the molecule is Cl.Cl.O=C(c1nccc2ccccc12)N1CCC2(CCNCC2)CC1. The van der Waals surface area contributed by atoms with E-state index in [2.05, 4.69) is 10.3 Å². The van der Waals surface area contributed by atoms with Gasteiger partial charge < -0.3 is 10.2 Å². The molecule has 2 aliphatic rings. The quantitative estimate of drug-likeness (QED) is 0.818. The number of hydrogen-bond acceptors (Lipinski definition) is 3. The van der Waals surface area contributed by atoms with E-state index in [1.165, 1.54) is 12.8 Å². The number of nitrogens with zero attached hydrogens (tertiary/aromatic N) is 2. The standard InChI is InChI=1S/C19H23N3O.2ClH/c23-18(17-16-4-2-1-3-15(16)5-10-21-17)22-13-8-19(9-14-22)6-11-20-12-7-19;;/h1-5,10,20H,6-9,11-14H2;2*1H. The van der Waals surface area contributed by atoms with E-state index >= 15 is 0 Å². The Morgan fingerprint density at radius 2 is 1.68 bits per heavy atom. The van der Waals surface area contributed by atoms with Gasteiger partial charge in [0, 0.05) is 24.7 Å². The Kier molecular flexibility index (Phi) is 6.66. The molecule has 0 bridgehead atoms. The van der Waals surface area contributed by atoms with E-state index in [1.54, 1.807) is 6.20 Å². The fourth-order valence-electron chi connectivity index (χ4n) is 4.08. The number of pyridine rings is 1. The topological polar surface area (TPSA) is 45.2 Å². The van der Waals surface area contributed by atoms with Crippen molar-refractivity contribution in [3.05, 3.63) is 42.2 Å². The number of rotatable bonds is 1. The molecular formula is C19H25Cl2N3O. The van der Waals surface area contributed by atoms with Gasteiger partial charge in [-0.15, -0.1) is 24.8 Å². The minimum Gasteiger partial charge on any atom is -0.337 e. The molecule has 6 heteroatoms. The minimum absolute atomic E-state index is 0. The number of carbonyl (C=O) groups is 1. The first-order chi connectivity index (χ1) is 11.3. The number of piperidine rings is 2. The number of carbonyl (C=O) groups excluding carboxylic acids is 1. The number of nitrogens with one attached hydrogen (secondary N) is 1. The third-order valence-electron chi connectivity index (χ3n) is 5.65. The fraction of sp³-hybridized carbons (Fsp3) is 0.474. The molecule has 1 aromatic heterocycles. The minimum atomic E-state index is 0. The lowest BCUT2D eigenvalue weighted by Gasteiger charge is -2.44. The predicted octanol–water partition coefficient (Wildman–Crippen LogP) is 3.68. The van der Waals surface area contributed by atoms with Crippen LogP contribution in [-0.2, 0) is 0 Å². The highest BCUT2D eigenvalue weighted by Gasteiger charge is 2.37. The molecular weight excluding hydrogens is 357 g/mol. The van der Waals surface area contributed by atoms with Crippen molar-refractivity contribution in [2.45, 2.75) is 25.7 Å². The van der Waals surface area contributed by atoms with Crippen LogP contribution < -0.4 is 5.32 Å². The second kappa shape index (κ2) is 8.35. The van der Waals surface area contributed by atoms with Gasteiger partial charge in [0.15, 0.2) is 0 Å². The van der Waals surface area contributed by atoms with E-state index in [-0.39, 0.29) is 30.7 Å². The second-order valence-corrected chi connectivity index (χ2v) is 6.92. The summed E-state index contributed by atoms with van der Waals surface area (Å²) in [4.78, 5) is 19.3. The molecule has 3 heterocycles. The molecule has 2 fully saturated rings. The van der Waals surface area contributed by atoms with Crippen LogP contribution in [-0.4, -0.2) is 42.0 Å². The van der Waals surface area contributed by atoms with Gasteiger partial charge in [0.1, 0.15) is 5.69 Å². The molecule has 2 aliphatic heterocycles. The lowest BCUT2D eigenvalue weighted by atomic mass is 9.71. The summed E-state index contributed by atoms with van der Waals surface area (Å²) < 4.78 is 0. The summed E-state index contributed by atoms with van der Waals surface area (Å²) in [5.74, 6) is 0.0885. The molecule has 25 heavy (non-hydrogen) atoms. The van der Waals surface area contributed by atoms with Crippen LogP contribution in [0.1, 0.15) is 36.2 Å². The average molecular weight is 382 g/mol. The van der Waals surface area contributed by atoms with Crippen LogP contribution >= 0.6 is 24.8 Å². The maximum absolute atomic E-state index is 12.9. The molecule has 136 valence electrons. The van der Waals surface area contributed by atoms with Crippen molar-refractivity contribution in [1.82, 2.24) is 15.2 Å². The van der Waals surface area contributed by atoms with Crippen LogP contribution in [0, 0.1) is 5.41 Å². The Labute approximate surface area is 161 Å². The number of aromatic nitrogens is 1. The zero-order chi connectivity index (χ0) is 15.7. The predicted molar refractivity (Wildman–Crippen MR) is 106 cm³/mol. The van der Waals surface area contributed by atoms with Crippen LogP contribution in [0.25, 0.3) is 10.8 Å². The average Bonchev–Trinajstić information content (AvgIpc) is 2.62. The highest BCUT2D eigenvalue weighted by molar-refractivity contribution is 6.05. The zero-order valence-electron chi connectivity index (χ0n) is 14.2. The van der Waals surface area contributed by atoms with Crippen molar-refractivity contribution in [2.24, 2.45) is 5.41 Å². The zero-order valence-corrected chi connectivity index (χ0v) is 15.9. The smallest absolute Gasteiger partial charge is 0.273 e. The Bertz CT molecular complexity index is 716. The molecule has 1 N–H and O–H groups in total. The number of benzene rings is 1. The summed E-state index contributed by atoms with van der Waals surface area (Å²) in [5, 5.41) is 5.49. The van der Waals surface area contributed by atoms with Gasteiger partial charge >= 0.3 is 0 Å². The highest BCUT2D eigenvalue weighted by Crippen LogP contribution is 2.39. The van der Waals surface area contributed by atoms with E-state index in [4.69, 9.17) is 0 Å². The van der Waals surface area contributed by atoms with Crippen LogP contribution in [0.15, 0.2) is 36.5 Å². The molecule has 1 spiro atoms. The molecule has 0 atom stereocenters. The highest BCUT2D eigenvalue weighted by atomic mass is 35.5. The van der Waals surface area contributed by atoms with E-state index in [0.29, 0.717) is 11.1 Å². The number of hydrogen-bond donors (Lipinski definition) is 1. The first kappa shape index (κ1) is 20.0. The molecule has 0 aliphatic carbocycles. The molecule has 4 rings (SSSR count). The second-order valence-electron chi connectivity index (χ2n) is 6.92. The molecule has 0 unspecified atom stereocenters. The third-order valence-corrected chi connectivity index (χ3v) is 5.65. The van der Waals surface area contributed by atoms with Crippen molar-refractivity contribution < 1.29 is 4.79 Å². The third kappa shape index (κ3) is 3.91. The van der Waals surface area contributed by atoms with Gasteiger partial charge in [0.2, 0.25) is 0 Å². The monoisotopic (exact) mass is 381 g/mol. The first-order valence-corrected chi connectivity index (χ1v) is 8.61. The summed E-state index contributed by atoms with van der Waals surface area (Å²) in [6, 6.07) is 9.97. The van der Waals surface area contributed by atoms with Gasteiger partial charge in [-0.05, 0) is 55.6 Å².